The molecule has 1 N–H and O–H groups in total. The molecule has 0 fully saturated rings. The lowest BCUT2D eigenvalue weighted by molar-refractivity contribution is -0.113. The van der Waals surface area contributed by atoms with Gasteiger partial charge >= 0.3 is 0 Å². The number of benzene rings is 3. The fourth-order valence-electron chi connectivity index (χ4n) is 3.87. The average molecular weight is 493 g/mol. The zero-order valence-corrected chi connectivity index (χ0v) is 21.0. The zero-order valence-electron chi connectivity index (χ0n) is 19.4. The van der Waals surface area contributed by atoms with E-state index in [1.54, 1.807) is 7.11 Å². The van der Waals surface area contributed by atoms with Crippen LogP contribution < -0.4 is 10.1 Å². The highest BCUT2D eigenvalue weighted by atomic mass is 35.5. The molecule has 0 aliphatic carbocycles. The number of nitrogens with zero attached hydrogens (tertiary/aromatic N) is 3. The molecular formula is C26H25ClN4O2S. The number of aromatic nitrogens is 3. The summed E-state index contributed by atoms with van der Waals surface area (Å²) in [6.07, 6.45) is 0. The predicted molar refractivity (Wildman–Crippen MR) is 138 cm³/mol. The number of hydrogen-bond donors (Lipinski definition) is 1. The van der Waals surface area contributed by atoms with Crippen LogP contribution in [-0.4, -0.2) is 33.5 Å². The number of para-hydroxylation sites is 1. The number of amides is 1. The number of ether oxygens (including phenoxy) is 1. The van der Waals surface area contributed by atoms with Crippen molar-refractivity contribution in [1.82, 2.24) is 14.8 Å². The Morgan fingerprint density at radius 1 is 1.03 bits per heavy atom. The summed E-state index contributed by atoms with van der Waals surface area (Å²) >= 11 is 7.43. The van der Waals surface area contributed by atoms with E-state index < -0.39 is 0 Å². The smallest absolute Gasteiger partial charge is 0.234 e. The van der Waals surface area contributed by atoms with Gasteiger partial charge in [-0.15, -0.1) is 10.2 Å². The van der Waals surface area contributed by atoms with Crippen molar-refractivity contribution in [3.8, 4) is 22.8 Å². The first kappa shape index (κ1) is 23.9. The number of rotatable bonds is 7. The third-order valence-corrected chi connectivity index (χ3v) is 6.52. The summed E-state index contributed by atoms with van der Waals surface area (Å²) in [5.41, 5.74) is 5.74. The molecule has 0 aliphatic rings. The number of hydrogen-bond acceptors (Lipinski definition) is 5. The van der Waals surface area contributed by atoms with Crippen LogP contribution in [0.1, 0.15) is 16.7 Å². The van der Waals surface area contributed by atoms with Crippen molar-refractivity contribution in [3.63, 3.8) is 0 Å². The minimum Gasteiger partial charge on any atom is -0.496 e. The highest BCUT2D eigenvalue weighted by Crippen LogP contribution is 2.33. The molecule has 1 aromatic heterocycles. The van der Waals surface area contributed by atoms with Crippen LogP contribution >= 0.6 is 23.4 Å². The second-order valence-electron chi connectivity index (χ2n) is 7.93. The standard InChI is InChI=1S/C26H25ClN4O2S/c1-16-13-17(2)24(18(3)14-16)28-23(32)15-34-26-30-29-25(21-7-5-6-8-22(21)33-4)31(26)20-11-9-19(27)10-12-20/h5-14H,15H2,1-4H3,(H,28,32). The van der Waals surface area contributed by atoms with Crippen LogP contribution in [0.5, 0.6) is 5.75 Å². The van der Waals surface area contributed by atoms with Crippen LogP contribution in [0.2, 0.25) is 5.02 Å². The molecule has 0 spiro atoms. The third kappa shape index (κ3) is 5.11. The molecule has 4 rings (SSSR count). The fraction of sp³-hybridized carbons (Fsp3) is 0.192. The van der Waals surface area contributed by atoms with E-state index in [1.165, 1.54) is 17.3 Å². The maximum atomic E-state index is 12.8. The predicted octanol–water partition coefficient (Wildman–Crippen LogP) is 6.25. The van der Waals surface area contributed by atoms with Crippen LogP contribution in [-0.2, 0) is 4.79 Å². The molecule has 0 aliphatic heterocycles. The normalized spacial score (nSPS) is 10.9. The number of carbonyl (C=O) groups excluding carboxylic acids is 1. The van der Waals surface area contributed by atoms with E-state index in [2.05, 4.69) is 27.6 Å². The van der Waals surface area contributed by atoms with E-state index in [0.717, 1.165) is 28.1 Å². The first-order chi connectivity index (χ1) is 16.4. The Morgan fingerprint density at radius 2 is 1.71 bits per heavy atom. The van der Waals surface area contributed by atoms with Crippen LogP contribution in [0.15, 0.2) is 65.8 Å². The minimum atomic E-state index is -0.107. The lowest BCUT2D eigenvalue weighted by atomic mass is 10.1. The highest BCUT2D eigenvalue weighted by molar-refractivity contribution is 7.99. The summed E-state index contributed by atoms with van der Waals surface area (Å²) in [6, 6.07) is 19.2. The van der Waals surface area contributed by atoms with Gasteiger partial charge in [0.1, 0.15) is 5.75 Å². The van der Waals surface area contributed by atoms with Gasteiger partial charge in [-0.25, -0.2) is 0 Å². The molecule has 3 aromatic carbocycles. The average Bonchev–Trinajstić information content (AvgIpc) is 3.24. The summed E-state index contributed by atoms with van der Waals surface area (Å²) in [5.74, 6) is 1.38. The topological polar surface area (TPSA) is 69.0 Å². The maximum Gasteiger partial charge on any atom is 0.234 e. The monoisotopic (exact) mass is 492 g/mol. The van der Waals surface area contributed by atoms with Crippen molar-refractivity contribution < 1.29 is 9.53 Å². The van der Waals surface area contributed by atoms with Gasteiger partial charge in [-0.05, 0) is 68.3 Å². The molecule has 0 saturated heterocycles. The largest absolute Gasteiger partial charge is 0.496 e. The lowest BCUT2D eigenvalue weighted by Crippen LogP contribution is -2.16. The van der Waals surface area contributed by atoms with Crippen molar-refractivity contribution in [2.24, 2.45) is 0 Å². The van der Waals surface area contributed by atoms with E-state index in [9.17, 15) is 4.79 Å². The van der Waals surface area contributed by atoms with E-state index in [1.807, 2.05) is 73.9 Å². The molecule has 34 heavy (non-hydrogen) atoms. The summed E-state index contributed by atoms with van der Waals surface area (Å²) in [4.78, 5) is 12.8. The molecule has 8 heteroatoms. The van der Waals surface area contributed by atoms with Gasteiger partial charge in [-0.2, -0.15) is 0 Å². The van der Waals surface area contributed by atoms with Gasteiger partial charge in [-0.1, -0.05) is 53.2 Å². The van der Waals surface area contributed by atoms with E-state index in [4.69, 9.17) is 16.3 Å². The molecule has 0 radical (unpaired) electrons. The van der Waals surface area contributed by atoms with Crippen molar-refractivity contribution in [2.75, 3.05) is 18.2 Å². The fourth-order valence-corrected chi connectivity index (χ4v) is 4.75. The first-order valence-corrected chi connectivity index (χ1v) is 12.1. The van der Waals surface area contributed by atoms with Crippen molar-refractivity contribution in [2.45, 2.75) is 25.9 Å². The molecule has 6 nitrogen and oxygen atoms in total. The van der Waals surface area contributed by atoms with Crippen LogP contribution in [0, 0.1) is 20.8 Å². The Hall–Kier alpha value is -3.29. The molecule has 174 valence electrons. The molecule has 4 aromatic rings. The molecule has 0 saturated carbocycles. The highest BCUT2D eigenvalue weighted by Gasteiger charge is 2.20. The summed E-state index contributed by atoms with van der Waals surface area (Å²) in [5, 5.41) is 13.1. The molecular weight excluding hydrogens is 468 g/mol. The Labute approximate surface area is 208 Å². The molecule has 0 unspecified atom stereocenters. The minimum absolute atomic E-state index is 0.107. The number of methoxy groups -OCH3 is 1. The summed E-state index contributed by atoms with van der Waals surface area (Å²) < 4.78 is 7.45. The maximum absolute atomic E-state index is 12.8. The summed E-state index contributed by atoms with van der Waals surface area (Å²) in [7, 11) is 1.62. The van der Waals surface area contributed by atoms with Gasteiger partial charge in [0.25, 0.3) is 0 Å². The van der Waals surface area contributed by atoms with Gasteiger partial charge in [0.05, 0.1) is 18.4 Å². The van der Waals surface area contributed by atoms with E-state index >= 15 is 0 Å². The number of halogens is 1. The van der Waals surface area contributed by atoms with Crippen LogP contribution in [0.3, 0.4) is 0 Å². The van der Waals surface area contributed by atoms with Crippen LogP contribution in [0.4, 0.5) is 5.69 Å². The van der Waals surface area contributed by atoms with Crippen molar-refractivity contribution in [3.05, 3.63) is 82.4 Å². The Morgan fingerprint density at radius 3 is 2.38 bits per heavy atom. The number of aryl methyl sites for hydroxylation is 3. The van der Waals surface area contributed by atoms with Crippen molar-refractivity contribution >= 4 is 35.0 Å². The zero-order chi connectivity index (χ0) is 24.2. The Balaban J connectivity index is 1.64. The van der Waals surface area contributed by atoms with Gasteiger partial charge in [0.2, 0.25) is 5.91 Å². The second kappa shape index (κ2) is 10.3. The van der Waals surface area contributed by atoms with Gasteiger partial charge in [0.15, 0.2) is 11.0 Å². The lowest BCUT2D eigenvalue weighted by Gasteiger charge is -2.14. The van der Waals surface area contributed by atoms with E-state index in [-0.39, 0.29) is 11.7 Å². The number of nitrogens with one attached hydrogen (secondary N) is 1. The number of carbonyl (C=O) groups is 1. The molecule has 1 heterocycles. The quantitative estimate of drug-likeness (QED) is 0.309. The SMILES string of the molecule is COc1ccccc1-c1nnc(SCC(=O)Nc2c(C)cc(C)cc2C)n1-c1ccc(Cl)cc1. The molecule has 0 atom stereocenters. The molecule has 0 bridgehead atoms. The first-order valence-electron chi connectivity index (χ1n) is 10.7. The molecule has 1 amide bonds. The third-order valence-electron chi connectivity index (χ3n) is 5.34. The number of anilines is 1. The second-order valence-corrected chi connectivity index (χ2v) is 9.31. The Kier molecular flexibility index (Phi) is 7.24. The van der Waals surface area contributed by atoms with Gasteiger partial charge < -0.3 is 10.1 Å². The van der Waals surface area contributed by atoms with Gasteiger partial charge in [-0.3, -0.25) is 9.36 Å². The van der Waals surface area contributed by atoms with Crippen molar-refractivity contribution in [1.29, 1.82) is 0 Å². The number of thioether (sulfide) groups is 1. The Bertz CT molecular complexity index is 1310. The van der Waals surface area contributed by atoms with Gasteiger partial charge in [0, 0.05) is 16.4 Å². The van der Waals surface area contributed by atoms with Crippen LogP contribution in [0.25, 0.3) is 17.1 Å². The van der Waals surface area contributed by atoms with E-state index in [0.29, 0.717) is 21.8 Å². The summed E-state index contributed by atoms with van der Waals surface area (Å²) in [6.45, 7) is 6.04.